The van der Waals surface area contributed by atoms with Crippen LogP contribution in [0.3, 0.4) is 0 Å². The monoisotopic (exact) mass is 244 g/mol. The minimum atomic E-state index is -4.22. The Labute approximate surface area is 95.7 Å². The average Bonchev–Trinajstić information content (AvgIpc) is 2.16. The first-order valence-electron chi connectivity index (χ1n) is 4.99. The topological polar surface area (TPSA) is 74.6 Å². The molecule has 0 heterocycles. The van der Waals surface area contributed by atoms with Crippen molar-refractivity contribution in [3.8, 4) is 0 Å². The second-order valence-corrected chi connectivity index (χ2v) is 5.62. The van der Waals surface area contributed by atoms with Crippen LogP contribution in [0.2, 0.25) is 0 Å². The van der Waals surface area contributed by atoms with Crippen LogP contribution in [0, 0.1) is 5.92 Å². The molecule has 0 bridgehead atoms. The summed E-state index contributed by atoms with van der Waals surface area (Å²) in [7, 11) is -4.22. The van der Waals surface area contributed by atoms with Crippen LogP contribution in [0.5, 0.6) is 0 Å². The van der Waals surface area contributed by atoms with E-state index in [1.807, 2.05) is 0 Å². The summed E-state index contributed by atoms with van der Waals surface area (Å²) in [5.41, 5.74) is -1.07. The van der Waals surface area contributed by atoms with Gasteiger partial charge < -0.3 is 5.11 Å². The summed E-state index contributed by atoms with van der Waals surface area (Å²) in [5, 5.41) is 10.4. The molecule has 1 aromatic carbocycles. The van der Waals surface area contributed by atoms with E-state index >= 15 is 0 Å². The summed E-state index contributed by atoms with van der Waals surface area (Å²) >= 11 is 0. The fourth-order valence-corrected chi connectivity index (χ4v) is 2.64. The number of hydrogen-bond acceptors (Lipinski definition) is 3. The molecule has 1 rings (SSSR count). The Bertz CT molecular complexity index is 438. The first-order chi connectivity index (χ1) is 7.26. The van der Waals surface area contributed by atoms with Gasteiger partial charge in [0.1, 0.15) is 11.4 Å². The zero-order valence-corrected chi connectivity index (χ0v) is 10.1. The summed E-state index contributed by atoms with van der Waals surface area (Å²) < 4.78 is 30.7. The molecule has 0 aromatic heterocycles. The normalized spacial score (nSPS) is 16.1. The van der Waals surface area contributed by atoms with Gasteiger partial charge in [0.05, 0.1) is 0 Å². The Morgan fingerprint density at radius 3 is 2.12 bits per heavy atom. The van der Waals surface area contributed by atoms with E-state index in [9.17, 15) is 13.5 Å². The largest absolute Gasteiger partial charge is 0.384 e. The van der Waals surface area contributed by atoms with Crippen molar-refractivity contribution in [2.45, 2.75) is 19.4 Å². The van der Waals surface area contributed by atoms with Crippen LogP contribution in [-0.4, -0.2) is 23.8 Å². The first-order valence-corrected chi connectivity index (χ1v) is 6.59. The van der Waals surface area contributed by atoms with Crippen molar-refractivity contribution in [1.29, 1.82) is 0 Å². The van der Waals surface area contributed by atoms with E-state index in [0.717, 1.165) is 0 Å². The second-order valence-electron chi connectivity index (χ2n) is 4.17. The summed E-state index contributed by atoms with van der Waals surface area (Å²) in [6.07, 6.45) is 0. The van der Waals surface area contributed by atoms with Gasteiger partial charge in [-0.05, 0) is 11.5 Å². The highest BCUT2D eigenvalue weighted by Gasteiger charge is 2.37. The lowest BCUT2D eigenvalue weighted by Crippen LogP contribution is -2.39. The zero-order chi connectivity index (χ0) is 12.4. The lowest BCUT2D eigenvalue weighted by Gasteiger charge is -2.31. The van der Waals surface area contributed by atoms with Crippen LogP contribution in [0.4, 0.5) is 0 Å². The third-order valence-corrected chi connectivity index (χ3v) is 3.44. The van der Waals surface area contributed by atoms with Gasteiger partial charge in [-0.15, -0.1) is 0 Å². The lowest BCUT2D eigenvalue weighted by molar-refractivity contribution is 0.0112. The molecule has 0 aliphatic carbocycles. The van der Waals surface area contributed by atoms with E-state index in [0.29, 0.717) is 5.56 Å². The Balaban J connectivity index is 3.18. The predicted octanol–water partition coefficient (Wildman–Crippen LogP) is 1.42. The molecule has 1 atom stereocenters. The second kappa shape index (κ2) is 4.53. The van der Waals surface area contributed by atoms with Crippen molar-refractivity contribution in [2.24, 2.45) is 5.92 Å². The molecule has 2 N–H and O–H groups in total. The van der Waals surface area contributed by atoms with Crippen molar-refractivity contribution < 1.29 is 18.1 Å². The maximum atomic E-state index is 10.9. The van der Waals surface area contributed by atoms with Crippen molar-refractivity contribution in [3.63, 3.8) is 0 Å². The standard InChI is InChI=1S/C11H16O4S/c1-9(2)11(12,8-16(13,14)15)10-6-4-3-5-7-10/h3-7,9,12H,8H2,1-2H3,(H,13,14,15). The Hall–Kier alpha value is -0.910. The number of rotatable bonds is 4. The lowest BCUT2D eigenvalue weighted by atomic mass is 9.85. The molecular formula is C11H16O4S. The maximum absolute atomic E-state index is 10.9. The van der Waals surface area contributed by atoms with E-state index in [4.69, 9.17) is 4.55 Å². The number of benzene rings is 1. The van der Waals surface area contributed by atoms with Crippen LogP contribution in [-0.2, 0) is 15.7 Å². The molecule has 1 unspecified atom stereocenters. The highest BCUT2D eigenvalue weighted by Crippen LogP contribution is 2.30. The van der Waals surface area contributed by atoms with Crippen molar-refractivity contribution in [2.75, 3.05) is 5.75 Å². The zero-order valence-electron chi connectivity index (χ0n) is 9.29. The third-order valence-electron chi connectivity index (χ3n) is 2.63. The molecule has 90 valence electrons. The van der Waals surface area contributed by atoms with Gasteiger partial charge in [0.15, 0.2) is 0 Å². The van der Waals surface area contributed by atoms with Gasteiger partial charge >= 0.3 is 0 Å². The molecule has 1 aromatic rings. The summed E-state index contributed by atoms with van der Waals surface area (Å²) in [4.78, 5) is 0. The van der Waals surface area contributed by atoms with E-state index in [1.54, 1.807) is 44.2 Å². The average molecular weight is 244 g/mol. The summed E-state index contributed by atoms with van der Waals surface area (Å²) in [6.45, 7) is 3.41. The first kappa shape index (κ1) is 13.2. The molecule has 0 radical (unpaired) electrons. The van der Waals surface area contributed by atoms with Gasteiger partial charge in [-0.3, -0.25) is 4.55 Å². The quantitative estimate of drug-likeness (QED) is 0.785. The molecule has 16 heavy (non-hydrogen) atoms. The Kier molecular flexibility index (Phi) is 3.72. The van der Waals surface area contributed by atoms with Gasteiger partial charge in [-0.25, -0.2) is 0 Å². The van der Waals surface area contributed by atoms with Gasteiger partial charge in [-0.2, -0.15) is 8.42 Å². The Morgan fingerprint density at radius 1 is 1.25 bits per heavy atom. The molecule has 4 nitrogen and oxygen atoms in total. The van der Waals surface area contributed by atoms with E-state index in [-0.39, 0.29) is 5.92 Å². The minimum Gasteiger partial charge on any atom is -0.384 e. The molecular weight excluding hydrogens is 228 g/mol. The smallest absolute Gasteiger partial charge is 0.268 e. The van der Waals surface area contributed by atoms with E-state index in [1.165, 1.54) is 0 Å². The van der Waals surface area contributed by atoms with Gasteiger partial charge in [-0.1, -0.05) is 44.2 Å². The number of aliphatic hydroxyl groups is 1. The molecule has 0 aliphatic rings. The SMILES string of the molecule is CC(C)C(O)(CS(=O)(=O)O)c1ccccc1. The molecule has 5 heteroatoms. The molecule has 0 aliphatic heterocycles. The van der Waals surface area contributed by atoms with Crippen molar-refractivity contribution in [1.82, 2.24) is 0 Å². The fraction of sp³-hybridized carbons (Fsp3) is 0.455. The minimum absolute atomic E-state index is 0.322. The molecule has 0 amide bonds. The van der Waals surface area contributed by atoms with Crippen LogP contribution >= 0.6 is 0 Å². The fourth-order valence-electron chi connectivity index (χ4n) is 1.59. The third kappa shape index (κ3) is 3.04. The number of hydrogen-bond donors (Lipinski definition) is 2. The highest BCUT2D eigenvalue weighted by atomic mass is 32.2. The van der Waals surface area contributed by atoms with Crippen LogP contribution in [0.15, 0.2) is 30.3 Å². The van der Waals surface area contributed by atoms with Crippen LogP contribution in [0.1, 0.15) is 19.4 Å². The molecule has 0 saturated heterocycles. The molecule has 0 spiro atoms. The summed E-state index contributed by atoms with van der Waals surface area (Å²) in [5.74, 6) is -1.02. The van der Waals surface area contributed by atoms with Gasteiger partial charge in [0.25, 0.3) is 10.1 Å². The van der Waals surface area contributed by atoms with Crippen molar-refractivity contribution >= 4 is 10.1 Å². The van der Waals surface area contributed by atoms with E-state index < -0.39 is 21.5 Å². The van der Waals surface area contributed by atoms with Crippen molar-refractivity contribution in [3.05, 3.63) is 35.9 Å². The Morgan fingerprint density at radius 2 is 1.75 bits per heavy atom. The van der Waals surface area contributed by atoms with Crippen LogP contribution in [0.25, 0.3) is 0 Å². The van der Waals surface area contributed by atoms with Gasteiger partial charge in [0.2, 0.25) is 0 Å². The van der Waals surface area contributed by atoms with E-state index in [2.05, 4.69) is 0 Å². The van der Waals surface area contributed by atoms with Crippen LogP contribution < -0.4 is 0 Å². The predicted molar refractivity (Wildman–Crippen MR) is 61.6 cm³/mol. The highest BCUT2D eigenvalue weighted by molar-refractivity contribution is 7.85. The summed E-state index contributed by atoms with van der Waals surface area (Å²) in [6, 6.07) is 8.49. The maximum Gasteiger partial charge on any atom is 0.268 e. The molecule has 0 saturated carbocycles. The van der Waals surface area contributed by atoms with Gasteiger partial charge in [0, 0.05) is 0 Å². The molecule has 0 fully saturated rings.